The third kappa shape index (κ3) is 1.72. The lowest BCUT2D eigenvalue weighted by Gasteiger charge is -2.33. The highest BCUT2D eigenvalue weighted by molar-refractivity contribution is 5.75. The molecule has 0 aliphatic carbocycles. The average molecular weight is 178 g/mol. The highest BCUT2D eigenvalue weighted by Gasteiger charge is 2.45. The number of aliphatic hydroxyl groups is 3. The van der Waals surface area contributed by atoms with E-state index in [1.54, 1.807) is 0 Å². The molecule has 1 aliphatic heterocycles. The van der Waals surface area contributed by atoms with Crippen LogP contribution in [0.4, 0.5) is 0 Å². The van der Waals surface area contributed by atoms with Crippen LogP contribution in [0.15, 0.2) is 0 Å². The predicted octanol–water partition coefficient (Wildman–Crippen LogP) is -1.75. The van der Waals surface area contributed by atoms with Crippen LogP contribution < -0.4 is 0 Å². The molecule has 0 aromatic rings. The van der Waals surface area contributed by atoms with Gasteiger partial charge in [0.15, 0.2) is 6.29 Å². The molecule has 1 aliphatic rings. The molecule has 1 heterocycles. The second-order valence-electron chi connectivity index (χ2n) is 2.76. The Morgan fingerprint density at radius 1 is 1.50 bits per heavy atom. The molecular weight excluding hydrogens is 168 g/mol. The Labute approximate surface area is 68.0 Å². The van der Waals surface area contributed by atoms with E-state index in [1.807, 2.05) is 0 Å². The summed E-state index contributed by atoms with van der Waals surface area (Å²) >= 11 is 0. The minimum absolute atomic E-state index is 0.0877. The summed E-state index contributed by atoms with van der Waals surface area (Å²) in [5.74, 6) is -4.07. The zero-order chi connectivity index (χ0) is 9.35. The molecule has 4 N–H and O–H groups in total. The van der Waals surface area contributed by atoms with Crippen molar-refractivity contribution in [3.05, 3.63) is 0 Å². The molecule has 0 saturated carbocycles. The molecule has 70 valence electrons. The fraction of sp³-hybridized carbons (Fsp3) is 0.833. The van der Waals surface area contributed by atoms with Crippen LogP contribution in [0.3, 0.4) is 0 Å². The molecule has 6 nitrogen and oxygen atoms in total. The highest BCUT2D eigenvalue weighted by Crippen LogP contribution is 2.25. The molecular formula is C6H10O6. The molecule has 1 unspecified atom stereocenters. The summed E-state index contributed by atoms with van der Waals surface area (Å²) < 4.78 is 4.36. The summed E-state index contributed by atoms with van der Waals surface area (Å²) in [6, 6.07) is 0. The second-order valence-corrected chi connectivity index (χ2v) is 2.76. The second kappa shape index (κ2) is 2.98. The number of aliphatic carboxylic acids is 1. The van der Waals surface area contributed by atoms with Crippen LogP contribution >= 0.6 is 0 Å². The first-order valence-corrected chi connectivity index (χ1v) is 3.44. The van der Waals surface area contributed by atoms with Crippen molar-refractivity contribution in [2.75, 3.05) is 0 Å². The maximum Gasteiger partial charge on any atom is 0.364 e. The molecule has 0 aromatic heterocycles. The fourth-order valence-electron chi connectivity index (χ4n) is 1.09. The van der Waals surface area contributed by atoms with E-state index in [0.717, 1.165) is 0 Å². The smallest absolute Gasteiger partial charge is 0.364 e. The van der Waals surface area contributed by atoms with Gasteiger partial charge >= 0.3 is 5.97 Å². The Morgan fingerprint density at radius 2 is 2.08 bits per heavy atom. The maximum absolute atomic E-state index is 10.4. The van der Waals surface area contributed by atoms with E-state index in [2.05, 4.69) is 4.74 Å². The summed E-state index contributed by atoms with van der Waals surface area (Å²) in [6.45, 7) is 0. The summed E-state index contributed by atoms with van der Waals surface area (Å²) in [5.41, 5.74) is 0. The number of ether oxygens (including phenoxy) is 1. The van der Waals surface area contributed by atoms with E-state index in [9.17, 15) is 4.79 Å². The van der Waals surface area contributed by atoms with Crippen LogP contribution in [0, 0.1) is 0 Å². The summed E-state index contributed by atoms with van der Waals surface area (Å²) in [6.07, 6.45) is -3.01. The number of hydrogen-bond donors (Lipinski definition) is 4. The number of rotatable bonds is 1. The zero-order valence-corrected chi connectivity index (χ0v) is 6.17. The van der Waals surface area contributed by atoms with Gasteiger partial charge in [0, 0.05) is 12.8 Å². The minimum atomic E-state index is -2.46. The fourth-order valence-corrected chi connectivity index (χ4v) is 1.09. The molecule has 0 bridgehead atoms. The van der Waals surface area contributed by atoms with Gasteiger partial charge in [-0.15, -0.1) is 0 Å². The van der Waals surface area contributed by atoms with E-state index >= 15 is 0 Å². The van der Waals surface area contributed by atoms with Gasteiger partial charge in [-0.2, -0.15) is 0 Å². The van der Waals surface area contributed by atoms with Crippen LogP contribution in [-0.2, 0) is 9.53 Å². The Morgan fingerprint density at radius 3 is 2.50 bits per heavy atom. The standard InChI is InChI=1S/C6H10O6/c7-3-1-4(8)12-6(11,2-3)5(9)10/h3-4,7-8,11H,1-2H2,(H,9,10)/t3-,4+,6?/m1/s1. The van der Waals surface area contributed by atoms with Gasteiger partial charge in [-0.1, -0.05) is 0 Å². The molecule has 0 aromatic carbocycles. The number of carboxylic acid groups (broad SMARTS) is 1. The first-order chi connectivity index (χ1) is 5.44. The van der Waals surface area contributed by atoms with Crippen molar-refractivity contribution in [1.29, 1.82) is 0 Å². The van der Waals surface area contributed by atoms with Crippen molar-refractivity contribution < 1.29 is 30.0 Å². The molecule has 1 rings (SSSR count). The van der Waals surface area contributed by atoms with Crippen molar-refractivity contribution in [1.82, 2.24) is 0 Å². The average Bonchev–Trinajstić information content (AvgIpc) is 1.82. The van der Waals surface area contributed by atoms with E-state index in [-0.39, 0.29) is 6.42 Å². The van der Waals surface area contributed by atoms with Crippen molar-refractivity contribution in [2.45, 2.75) is 31.0 Å². The molecule has 0 spiro atoms. The van der Waals surface area contributed by atoms with Gasteiger partial charge in [-0.25, -0.2) is 4.79 Å². The Bertz CT molecular complexity index is 180. The van der Waals surface area contributed by atoms with Gasteiger partial charge in [-0.05, 0) is 0 Å². The van der Waals surface area contributed by atoms with E-state index in [1.165, 1.54) is 0 Å². The molecule has 0 radical (unpaired) electrons. The Hall–Kier alpha value is -0.690. The van der Waals surface area contributed by atoms with Gasteiger partial charge in [-0.3, -0.25) is 0 Å². The van der Waals surface area contributed by atoms with Crippen molar-refractivity contribution in [3.63, 3.8) is 0 Å². The third-order valence-electron chi connectivity index (χ3n) is 1.65. The predicted molar refractivity (Wildman–Crippen MR) is 34.9 cm³/mol. The Balaban J connectivity index is 2.71. The van der Waals surface area contributed by atoms with E-state index in [4.69, 9.17) is 20.4 Å². The van der Waals surface area contributed by atoms with Crippen LogP contribution in [0.25, 0.3) is 0 Å². The van der Waals surface area contributed by atoms with Gasteiger partial charge in [0.2, 0.25) is 0 Å². The monoisotopic (exact) mass is 178 g/mol. The van der Waals surface area contributed by atoms with Gasteiger partial charge in [0.05, 0.1) is 6.10 Å². The first-order valence-electron chi connectivity index (χ1n) is 3.44. The van der Waals surface area contributed by atoms with Gasteiger partial charge < -0.3 is 25.2 Å². The number of carbonyl (C=O) groups is 1. The van der Waals surface area contributed by atoms with Gasteiger partial charge in [0.1, 0.15) is 0 Å². The molecule has 0 amide bonds. The number of carboxylic acids is 1. The maximum atomic E-state index is 10.4. The molecule has 6 heteroatoms. The Kier molecular flexibility index (Phi) is 2.34. The number of aliphatic hydroxyl groups excluding tert-OH is 2. The van der Waals surface area contributed by atoms with Crippen molar-refractivity contribution in [3.8, 4) is 0 Å². The first kappa shape index (κ1) is 9.40. The molecule has 1 fully saturated rings. The van der Waals surface area contributed by atoms with E-state index < -0.39 is 30.6 Å². The topological polar surface area (TPSA) is 107 Å². The summed E-state index contributed by atoms with van der Waals surface area (Å²) in [7, 11) is 0. The number of hydrogen-bond acceptors (Lipinski definition) is 5. The molecule has 12 heavy (non-hydrogen) atoms. The third-order valence-corrected chi connectivity index (χ3v) is 1.65. The highest BCUT2D eigenvalue weighted by atomic mass is 16.7. The van der Waals surface area contributed by atoms with E-state index in [0.29, 0.717) is 0 Å². The quantitative estimate of drug-likeness (QED) is 0.379. The lowest BCUT2D eigenvalue weighted by atomic mass is 10.0. The minimum Gasteiger partial charge on any atom is -0.477 e. The summed E-state index contributed by atoms with van der Waals surface area (Å²) in [4.78, 5) is 10.4. The van der Waals surface area contributed by atoms with Crippen LogP contribution in [0.5, 0.6) is 0 Å². The lowest BCUT2D eigenvalue weighted by molar-refractivity contribution is -0.309. The van der Waals surface area contributed by atoms with Gasteiger partial charge in [0.25, 0.3) is 5.79 Å². The van der Waals surface area contributed by atoms with Crippen LogP contribution in [0.2, 0.25) is 0 Å². The molecule has 3 atom stereocenters. The zero-order valence-electron chi connectivity index (χ0n) is 6.17. The largest absolute Gasteiger partial charge is 0.477 e. The molecule has 1 saturated heterocycles. The van der Waals surface area contributed by atoms with Crippen molar-refractivity contribution >= 4 is 5.97 Å². The summed E-state index contributed by atoms with van der Waals surface area (Å²) in [5, 5.41) is 35.4. The lowest BCUT2D eigenvalue weighted by Crippen LogP contribution is -2.51. The van der Waals surface area contributed by atoms with Crippen molar-refractivity contribution in [2.24, 2.45) is 0 Å². The van der Waals surface area contributed by atoms with Crippen LogP contribution in [0.1, 0.15) is 12.8 Å². The normalized spacial score (nSPS) is 42.6. The van der Waals surface area contributed by atoms with Crippen LogP contribution in [-0.4, -0.2) is 44.6 Å². The SMILES string of the molecule is O=C(O)C1(O)C[C@H](O)C[C@@H](O)O1.